The Morgan fingerprint density at radius 3 is 2.72 bits per heavy atom. The van der Waals surface area contributed by atoms with Crippen LogP contribution in [0.4, 0.5) is 0 Å². The molecule has 1 saturated carbocycles. The van der Waals surface area contributed by atoms with Crippen molar-refractivity contribution >= 4 is 5.97 Å². The third kappa shape index (κ3) is 2.57. The van der Waals surface area contributed by atoms with Gasteiger partial charge >= 0.3 is 5.97 Å². The van der Waals surface area contributed by atoms with Crippen molar-refractivity contribution < 1.29 is 23.7 Å². The van der Waals surface area contributed by atoms with Gasteiger partial charge in [-0.05, 0) is 56.3 Å². The van der Waals surface area contributed by atoms with Crippen LogP contribution in [-0.2, 0) is 23.7 Å². The monoisotopic (exact) mass is 352 g/mol. The molecule has 5 nitrogen and oxygen atoms in total. The summed E-state index contributed by atoms with van der Waals surface area (Å²) in [6, 6.07) is 0. The minimum atomic E-state index is -0.347. The largest absolute Gasteiger partial charge is 0.436 e. The van der Waals surface area contributed by atoms with Gasteiger partial charge in [0.2, 0.25) is 6.29 Å². The number of cyclic esters (lactones) is 1. The van der Waals surface area contributed by atoms with Crippen LogP contribution < -0.4 is 0 Å². The molecule has 3 saturated heterocycles. The molecule has 3 aliphatic heterocycles. The number of hydrogen-bond donors (Lipinski definition) is 0. The van der Waals surface area contributed by atoms with Gasteiger partial charge in [-0.25, -0.2) is 0 Å². The van der Waals surface area contributed by atoms with Crippen molar-refractivity contribution in [2.45, 2.75) is 89.3 Å². The van der Waals surface area contributed by atoms with Crippen LogP contribution in [0.1, 0.15) is 65.7 Å². The molecule has 7 unspecified atom stereocenters. The number of fused-ring (bicyclic) bond motifs is 1. The van der Waals surface area contributed by atoms with Crippen molar-refractivity contribution in [2.75, 3.05) is 13.7 Å². The zero-order chi connectivity index (χ0) is 17.9. The lowest BCUT2D eigenvalue weighted by Crippen LogP contribution is -2.54. The van der Waals surface area contributed by atoms with E-state index in [2.05, 4.69) is 20.8 Å². The number of methoxy groups -OCH3 is 1. The molecule has 2 bridgehead atoms. The van der Waals surface area contributed by atoms with E-state index < -0.39 is 0 Å². The summed E-state index contributed by atoms with van der Waals surface area (Å²) in [7, 11) is 1.81. The lowest BCUT2D eigenvalue weighted by atomic mass is 9.68. The van der Waals surface area contributed by atoms with Gasteiger partial charge in [-0.15, -0.1) is 0 Å². The molecule has 7 atom stereocenters. The van der Waals surface area contributed by atoms with Crippen molar-refractivity contribution in [1.82, 2.24) is 0 Å². The molecule has 0 aromatic rings. The lowest BCUT2D eigenvalue weighted by Gasteiger charge is -2.48. The van der Waals surface area contributed by atoms with E-state index in [1.165, 1.54) is 12.8 Å². The molecule has 0 N–H and O–H groups in total. The number of hydrogen-bond acceptors (Lipinski definition) is 5. The number of esters is 1. The number of ether oxygens (including phenoxy) is 4. The quantitative estimate of drug-likeness (QED) is 0.710. The summed E-state index contributed by atoms with van der Waals surface area (Å²) < 4.78 is 23.7. The highest BCUT2D eigenvalue weighted by Gasteiger charge is 2.69. The standard InChI is InChI=1S/C20H32O5/c1-13(12-23-17-6-5-16(21)24-17)14-7-8-18(2)11-15-19(3,22-4)9-10-20(14,18)25-15/h13-15,17H,5-12H2,1-4H3. The van der Waals surface area contributed by atoms with E-state index in [1.54, 1.807) is 0 Å². The van der Waals surface area contributed by atoms with Crippen molar-refractivity contribution in [3.05, 3.63) is 0 Å². The normalized spacial score (nSPS) is 49.9. The van der Waals surface area contributed by atoms with Crippen molar-refractivity contribution in [3.63, 3.8) is 0 Å². The summed E-state index contributed by atoms with van der Waals surface area (Å²) in [4.78, 5) is 11.2. The second-order valence-electron chi connectivity index (χ2n) is 9.19. The molecule has 1 spiro atoms. The van der Waals surface area contributed by atoms with Gasteiger partial charge in [-0.1, -0.05) is 13.8 Å². The molecule has 1 aliphatic carbocycles. The third-order valence-corrected chi connectivity index (χ3v) is 7.84. The molecule has 0 amide bonds. The molecule has 4 rings (SSSR count). The molecular weight excluding hydrogens is 320 g/mol. The maximum absolute atomic E-state index is 11.2. The van der Waals surface area contributed by atoms with Crippen molar-refractivity contribution in [3.8, 4) is 0 Å². The van der Waals surface area contributed by atoms with E-state index in [9.17, 15) is 4.79 Å². The fourth-order valence-electron chi connectivity index (χ4n) is 6.03. The van der Waals surface area contributed by atoms with Crippen molar-refractivity contribution in [1.29, 1.82) is 0 Å². The van der Waals surface area contributed by atoms with E-state index >= 15 is 0 Å². The van der Waals surface area contributed by atoms with Crippen molar-refractivity contribution in [2.24, 2.45) is 17.3 Å². The van der Waals surface area contributed by atoms with Gasteiger partial charge in [0.15, 0.2) is 0 Å². The fraction of sp³-hybridized carbons (Fsp3) is 0.950. The molecule has 0 radical (unpaired) electrons. The Kier molecular flexibility index (Phi) is 4.21. The minimum absolute atomic E-state index is 0.0369. The van der Waals surface area contributed by atoms with Gasteiger partial charge in [0.25, 0.3) is 0 Å². The van der Waals surface area contributed by atoms with Crippen LogP contribution in [0.15, 0.2) is 0 Å². The second-order valence-corrected chi connectivity index (χ2v) is 9.19. The summed E-state index contributed by atoms with van der Waals surface area (Å²) in [5, 5.41) is 0. The molecule has 142 valence electrons. The van der Waals surface area contributed by atoms with Crippen LogP contribution >= 0.6 is 0 Å². The smallest absolute Gasteiger partial charge is 0.308 e. The van der Waals surface area contributed by atoms with Gasteiger partial charge in [-0.3, -0.25) is 4.79 Å². The predicted octanol–water partition coefficient (Wildman–Crippen LogP) is 3.45. The fourth-order valence-corrected chi connectivity index (χ4v) is 6.03. The first-order chi connectivity index (χ1) is 11.8. The molecule has 25 heavy (non-hydrogen) atoms. The third-order valence-electron chi connectivity index (χ3n) is 7.84. The highest BCUT2D eigenvalue weighted by Crippen LogP contribution is 2.67. The average molecular weight is 352 g/mol. The van der Waals surface area contributed by atoms with E-state index in [1.807, 2.05) is 7.11 Å². The van der Waals surface area contributed by atoms with Gasteiger partial charge < -0.3 is 18.9 Å². The van der Waals surface area contributed by atoms with Crippen LogP contribution in [0.2, 0.25) is 0 Å². The Labute approximate surface area is 150 Å². The Bertz CT molecular complexity index is 550. The lowest BCUT2D eigenvalue weighted by molar-refractivity contribution is -0.217. The predicted molar refractivity (Wildman–Crippen MR) is 91.9 cm³/mol. The van der Waals surface area contributed by atoms with Crippen LogP contribution in [0.5, 0.6) is 0 Å². The first kappa shape index (κ1) is 17.7. The number of carbonyl (C=O) groups excluding carboxylic acids is 1. The van der Waals surface area contributed by atoms with Crippen LogP contribution in [0.25, 0.3) is 0 Å². The molecule has 4 fully saturated rings. The summed E-state index contributed by atoms with van der Waals surface area (Å²) in [6.45, 7) is 7.52. The first-order valence-electron chi connectivity index (χ1n) is 9.86. The maximum Gasteiger partial charge on any atom is 0.308 e. The minimum Gasteiger partial charge on any atom is -0.436 e. The Balaban J connectivity index is 1.46. The van der Waals surface area contributed by atoms with Crippen LogP contribution in [-0.4, -0.2) is 43.3 Å². The Morgan fingerprint density at radius 2 is 2.04 bits per heavy atom. The van der Waals surface area contributed by atoms with Crippen LogP contribution in [0, 0.1) is 17.3 Å². The van der Waals surface area contributed by atoms with Gasteiger partial charge in [-0.2, -0.15) is 0 Å². The molecule has 4 aliphatic rings. The highest BCUT2D eigenvalue weighted by molar-refractivity contribution is 5.71. The SMILES string of the molecule is COC1(C)CCC23OC1CC2(C)CCC3C(C)COC1CCC(=O)O1. The summed E-state index contributed by atoms with van der Waals surface area (Å²) in [5.41, 5.74) is 0.0540. The molecular formula is C20H32O5. The molecule has 0 aromatic heterocycles. The Morgan fingerprint density at radius 1 is 1.24 bits per heavy atom. The molecule has 3 heterocycles. The number of rotatable bonds is 5. The summed E-state index contributed by atoms with van der Waals surface area (Å²) >= 11 is 0. The van der Waals surface area contributed by atoms with Gasteiger partial charge in [0.1, 0.15) is 0 Å². The van der Waals surface area contributed by atoms with E-state index in [0.29, 0.717) is 31.3 Å². The zero-order valence-corrected chi connectivity index (χ0v) is 16.0. The molecule has 5 heteroatoms. The van der Waals surface area contributed by atoms with Gasteiger partial charge in [0.05, 0.1) is 30.3 Å². The zero-order valence-electron chi connectivity index (χ0n) is 16.0. The highest BCUT2D eigenvalue weighted by atomic mass is 16.7. The van der Waals surface area contributed by atoms with Gasteiger partial charge in [0, 0.05) is 13.5 Å². The maximum atomic E-state index is 11.2. The molecule has 0 aromatic carbocycles. The Hall–Kier alpha value is -0.650. The first-order valence-corrected chi connectivity index (χ1v) is 9.86. The number of carbonyl (C=O) groups is 1. The average Bonchev–Trinajstić information content (AvgIpc) is 3.18. The van der Waals surface area contributed by atoms with E-state index in [-0.39, 0.29) is 35.0 Å². The second kappa shape index (κ2) is 5.93. The van der Waals surface area contributed by atoms with Crippen LogP contribution in [0.3, 0.4) is 0 Å². The van der Waals surface area contributed by atoms with E-state index in [4.69, 9.17) is 18.9 Å². The summed E-state index contributed by atoms with van der Waals surface area (Å²) in [5.74, 6) is 0.755. The van der Waals surface area contributed by atoms with E-state index in [0.717, 1.165) is 19.3 Å². The summed E-state index contributed by atoms with van der Waals surface area (Å²) in [6.07, 6.45) is 6.66. The topological polar surface area (TPSA) is 54.0 Å².